The maximum Gasteiger partial charge on any atom is 0.181 e. The molecule has 1 rings (SSSR count). The molecule has 0 aliphatic heterocycles. The van der Waals surface area contributed by atoms with Gasteiger partial charge in [0.15, 0.2) is 9.84 Å². The molecule has 1 aromatic carbocycles. The van der Waals surface area contributed by atoms with Gasteiger partial charge in [0.2, 0.25) is 0 Å². The Hall–Kier alpha value is -0.830. The molecule has 0 aliphatic rings. The van der Waals surface area contributed by atoms with Crippen LogP contribution in [-0.4, -0.2) is 13.7 Å². The highest BCUT2D eigenvalue weighted by atomic mass is 32.2. The molecule has 0 N–H and O–H groups in total. The van der Waals surface area contributed by atoms with E-state index in [0.29, 0.717) is 11.3 Å². The predicted molar refractivity (Wildman–Crippen MR) is 76.8 cm³/mol. The van der Waals surface area contributed by atoms with E-state index in [0.717, 1.165) is 24.8 Å². The summed E-state index contributed by atoms with van der Waals surface area (Å²) in [5, 5.41) is -0.306. The van der Waals surface area contributed by atoms with Crippen molar-refractivity contribution in [1.82, 2.24) is 0 Å². The van der Waals surface area contributed by atoms with Gasteiger partial charge in [0.25, 0.3) is 0 Å². The fraction of sp³-hybridized carbons (Fsp3) is 0.600. The molecule has 1 unspecified atom stereocenters. The van der Waals surface area contributed by atoms with Crippen molar-refractivity contribution in [3.63, 3.8) is 0 Å². The van der Waals surface area contributed by atoms with Crippen molar-refractivity contribution >= 4 is 9.84 Å². The molecule has 0 saturated carbocycles. The summed E-state index contributed by atoms with van der Waals surface area (Å²) in [5.41, 5.74) is 2.19. The number of sulfone groups is 1. The first-order valence-corrected chi connectivity index (χ1v) is 8.37. The molecule has 0 saturated heterocycles. The van der Waals surface area contributed by atoms with Gasteiger partial charge in [-0.05, 0) is 43.4 Å². The van der Waals surface area contributed by atoms with E-state index in [2.05, 4.69) is 13.0 Å². The van der Waals surface area contributed by atoms with Crippen LogP contribution in [0.3, 0.4) is 0 Å². The van der Waals surface area contributed by atoms with Gasteiger partial charge in [-0.2, -0.15) is 0 Å². The monoisotopic (exact) mass is 268 g/mol. The molecule has 1 atom stereocenters. The molecular weight excluding hydrogens is 244 g/mol. The summed E-state index contributed by atoms with van der Waals surface area (Å²) < 4.78 is 24.8. The van der Waals surface area contributed by atoms with Crippen molar-refractivity contribution in [3.8, 4) is 0 Å². The topological polar surface area (TPSA) is 34.1 Å². The lowest BCUT2D eigenvalue weighted by Gasteiger charge is -2.15. The second-order valence-electron chi connectivity index (χ2n) is 4.81. The zero-order valence-corrected chi connectivity index (χ0v) is 12.7. The number of benzene rings is 1. The molecule has 0 radical (unpaired) electrons. The Kier molecular flexibility index (Phi) is 5.39. The van der Waals surface area contributed by atoms with E-state index >= 15 is 0 Å². The zero-order valence-electron chi connectivity index (χ0n) is 11.9. The van der Waals surface area contributed by atoms with Gasteiger partial charge in [-0.1, -0.05) is 39.3 Å². The minimum Gasteiger partial charge on any atom is -0.223 e. The third kappa shape index (κ3) is 3.14. The van der Waals surface area contributed by atoms with Crippen LogP contribution in [0, 0.1) is 0 Å². The van der Waals surface area contributed by atoms with Crippen molar-refractivity contribution in [1.29, 1.82) is 0 Å². The fourth-order valence-corrected chi connectivity index (χ4v) is 3.77. The summed E-state index contributed by atoms with van der Waals surface area (Å²) in [6.07, 6.45) is 3.52. The largest absolute Gasteiger partial charge is 0.223 e. The molecule has 0 amide bonds. The minimum absolute atomic E-state index is 0.306. The molecule has 0 bridgehead atoms. The number of hydrogen-bond acceptors (Lipinski definition) is 2. The number of hydrogen-bond donors (Lipinski definition) is 0. The number of rotatable bonds is 6. The van der Waals surface area contributed by atoms with E-state index in [1.807, 2.05) is 19.9 Å². The zero-order chi connectivity index (χ0) is 13.8. The van der Waals surface area contributed by atoms with Crippen LogP contribution >= 0.6 is 0 Å². The Balaban J connectivity index is 3.25. The van der Waals surface area contributed by atoms with Gasteiger partial charge in [0.1, 0.15) is 0 Å². The SMILES string of the molecule is CCCc1ccc(S(=O)(=O)C(C)CC)c(CC)c1. The van der Waals surface area contributed by atoms with Crippen molar-refractivity contribution in [2.24, 2.45) is 0 Å². The Labute approximate surface area is 111 Å². The van der Waals surface area contributed by atoms with Crippen LogP contribution in [0.2, 0.25) is 0 Å². The maximum absolute atomic E-state index is 12.4. The van der Waals surface area contributed by atoms with Gasteiger partial charge < -0.3 is 0 Å². The first-order chi connectivity index (χ1) is 8.47. The third-order valence-corrected chi connectivity index (χ3v) is 5.86. The lowest BCUT2D eigenvalue weighted by atomic mass is 10.1. The quantitative estimate of drug-likeness (QED) is 0.787. The van der Waals surface area contributed by atoms with E-state index in [4.69, 9.17) is 0 Å². The Morgan fingerprint density at radius 1 is 1.17 bits per heavy atom. The summed E-state index contributed by atoms with van der Waals surface area (Å²) in [7, 11) is -3.16. The number of aryl methyl sites for hydroxylation is 2. The Morgan fingerprint density at radius 2 is 1.83 bits per heavy atom. The van der Waals surface area contributed by atoms with Gasteiger partial charge in [0, 0.05) is 0 Å². The molecule has 0 fully saturated rings. The predicted octanol–water partition coefficient (Wildman–Crippen LogP) is 3.77. The van der Waals surface area contributed by atoms with E-state index < -0.39 is 9.84 Å². The molecular formula is C15H24O2S. The summed E-state index contributed by atoms with van der Waals surface area (Å²) in [5.74, 6) is 0. The summed E-state index contributed by atoms with van der Waals surface area (Å²) in [4.78, 5) is 0.527. The average Bonchev–Trinajstić information content (AvgIpc) is 2.37. The fourth-order valence-electron chi connectivity index (χ4n) is 2.07. The van der Waals surface area contributed by atoms with Gasteiger partial charge >= 0.3 is 0 Å². The van der Waals surface area contributed by atoms with Crippen LogP contribution in [0.15, 0.2) is 23.1 Å². The van der Waals surface area contributed by atoms with E-state index in [-0.39, 0.29) is 5.25 Å². The van der Waals surface area contributed by atoms with E-state index in [1.165, 1.54) is 5.56 Å². The Bertz CT molecular complexity index is 489. The molecule has 0 aromatic heterocycles. The standard InChI is InChI=1S/C15H24O2S/c1-5-8-13-9-10-15(14(7-3)11-13)18(16,17)12(4)6-2/h9-12H,5-8H2,1-4H3. The van der Waals surface area contributed by atoms with Crippen molar-refractivity contribution in [2.45, 2.75) is 63.5 Å². The van der Waals surface area contributed by atoms with E-state index in [1.54, 1.807) is 13.0 Å². The van der Waals surface area contributed by atoms with Gasteiger partial charge in [-0.15, -0.1) is 0 Å². The highest BCUT2D eigenvalue weighted by Gasteiger charge is 2.24. The van der Waals surface area contributed by atoms with Crippen molar-refractivity contribution < 1.29 is 8.42 Å². The highest BCUT2D eigenvalue weighted by Crippen LogP contribution is 2.24. The van der Waals surface area contributed by atoms with Gasteiger partial charge in [0.05, 0.1) is 10.1 Å². The summed E-state index contributed by atoms with van der Waals surface area (Å²) in [6, 6.07) is 5.81. The second-order valence-corrected chi connectivity index (χ2v) is 7.14. The second kappa shape index (κ2) is 6.37. The average molecular weight is 268 g/mol. The van der Waals surface area contributed by atoms with Crippen LogP contribution in [0.25, 0.3) is 0 Å². The summed E-state index contributed by atoms with van der Waals surface area (Å²) >= 11 is 0. The maximum atomic E-state index is 12.4. The van der Waals surface area contributed by atoms with Crippen LogP contribution in [0.4, 0.5) is 0 Å². The van der Waals surface area contributed by atoms with Crippen molar-refractivity contribution in [3.05, 3.63) is 29.3 Å². The lowest BCUT2D eigenvalue weighted by Crippen LogP contribution is -2.18. The van der Waals surface area contributed by atoms with Crippen LogP contribution in [0.1, 0.15) is 51.7 Å². The molecule has 0 heterocycles. The molecule has 3 heteroatoms. The van der Waals surface area contributed by atoms with Gasteiger partial charge in [-0.3, -0.25) is 0 Å². The third-order valence-electron chi connectivity index (χ3n) is 3.46. The van der Waals surface area contributed by atoms with Crippen molar-refractivity contribution in [2.75, 3.05) is 0 Å². The normalized spacial score (nSPS) is 13.6. The summed E-state index contributed by atoms with van der Waals surface area (Å²) in [6.45, 7) is 7.85. The molecule has 18 heavy (non-hydrogen) atoms. The minimum atomic E-state index is -3.16. The molecule has 102 valence electrons. The smallest absolute Gasteiger partial charge is 0.181 e. The van der Waals surface area contributed by atoms with Crippen LogP contribution < -0.4 is 0 Å². The first-order valence-electron chi connectivity index (χ1n) is 6.83. The molecule has 2 nitrogen and oxygen atoms in total. The molecule has 1 aromatic rings. The van der Waals surface area contributed by atoms with E-state index in [9.17, 15) is 8.42 Å². The lowest BCUT2D eigenvalue weighted by molar-refractivity contribution is 0.580. The first kappa shape index (κ1) is 15.2. The molecule has 0 aliphatic carbocycles. The van der Waals surface area contributed by atoms with Crippen LogP contribution in [-0.2, 0) is 22.7 Å². The van der Waals surface area contributed by atoms with Crippen LogP contribution in [0.5, 0.6) is 0 Å². The van der Waals surface area contributed by atoms with Gasteiger partial charge in [-0.25, -0.2) is 8.42 Å². The molecule has 0 spiro atoms. The Morgan fingerprint density at radius 3 is 2.33 bits per heavy atom. The highest BCUT2D eigenvalue weighted by molar-refractivity contribution is 7.92.